The monoisotopic (exact) mass is 344 g/mol. The van der Waals surface area contributed by atoms with E-state index in [1.807, 2.05) is 23.9 Å². The zero-order chi connectivity index (χ0) is 16.2. The molecule has 3 aromatic rings. The molecule has 0 aliphatic heterocycles. The highest BCUT2D eigenvalue weighted by molar-refractivity contribution is 7.98. The molecule has 1 aromatic heterocycles. The molecule has 0 atom stereocenters. The highest BCUT2D eigenvalue weighted by Gasteiger charge is 2.14. The van der Waals surface area contributed by atoms with E-state index in [0.29, 0.717) is 0 Å². The number of aromatic nitrogens is 1. The van der Waals surface area contributed by atoms with E-state index >= 15 is 0 Å². The third kappa shape index (κ3) is 3.57. The lowest BCUT2D eigenvalue weighted by Gasteiger charge is -2.08. The van der Waals surface area contributed by atoms with Gasteiger partial charge in [-0.25, -0.2) is 0 Å². The molecule has 0 bridgehead atoms. The Kier molecular flexibility index (Phi) is 5.31. The van der Waals surface area contributed by atoms with E-state index in [0.717, 1.165) is 30.2 Å². The van der Waals surface area contributed by atoms with Crippen LogP contribution in [0, 0.1) is 0 Å². The number of halogens is 1. The number of para-hydroxylation sites is 1. The molecule has 0 unspecified atom stereocenters. The molecule has 2 aromatic carbocycles. The molecular formula is C19H21ClN2S. The van der Waals surface area contributed by atoms with Gasteiger partial charge in [-0.3, -0.25) is 0 Å². The van der Waals surface area contributed by atoms with E-state index in [1.165, 1.54) is 27.1 Å². The van der Waals surface area contributed by atoms with Gasteiger partial charge in [-0.15, -0.1) is 11.8 Å². The largest absolute Gasteiger partial charge is 0.339 e. The number of fused-ring (bicyclic) bond motifs is 1. The third-order valence-corrected chi connectivity index (χ3v) is 5.60. The van der Waals surface area contributed by atoms with Crippen LogP contribution in [0.4, 0.5) is 0 Å². The number of nitrogens with two attached hydrogens (primary N) is 1. The Morgan fingerprint density at radius 1 is 1.09 bits per heavy atom. The number of hydrogen-bond acceptors (Lipinski definition) is 2. The van der Waals surface area contributed by atoms with E-state index in [-0.39, 0.29) is 0 Å². The van der Waals surface area contributed by atoms with E-state index in [4.69, 9.17) is 17.3 Å². The Morgan fingerprint density at radius 3 is 2.57 bits per heavy atom. The predicted molar refractivity (Wildman–Crippen MR) is 101 cm³/mol. The van der Waals surface area contributed by atoms with Gasteiger partial charge in [0.25, 0.3) is 0 Å². The summed E-state index contributed by atoms with van der Waals surface area (Å²) in [5, 5.41) is 3.48. The molecule has 2 nitrogen and oxygen atoms in total. The van der Waals surface area contributed by atoms with E-state index in [2.05, 4.69) is 48.0 Å². The van der Waals surface area contributed by atoms with Gasteiger partial charge >= 0.3 is 0 Å². The molecule has 0 radical (unpaired) electrons. The SMILES string of the molecule is Cn1c(SCc2ccc(Cl)cc2)c(CCCN)c2ccccc21. The van der Waals surface area contributed by atoms with Crippen LogP contribution in [-0.4, -0.2) is 11.1 Å². The molecule has 0 amide bonds. The molecule has 0 aliphatic rings. The topological polar surface area (TPSA) is 30.9 Å². The van der Waals surface area contributed by atoms with Gasteiger partial charge in [0.15, 0.2) is 0 Å². The summed E-state index contributed by atoms with van der Waals surface area (Å²) in [6.07, 6.45) is 2.04. The first-order valence-corrected chi connectivity index (χ1v) is 9.20. The molecular weight excluding hydrogens is 324 g/mol. The Labute approximate surface area is 146 Å². The minimum absolute atomic E-state index is 0.727. The van der Waals surface area contributed by atoms with Crippen molar-refractivity contribution in [2.24, 2.45) is 12.8 Å². The summed E-state index contributed by atoms with van der Waals surface area (Å²) >= 11 is 7.86. The van der Waals surface area contributed by atoms with Crippen LogP contribution in [0.1, 0.15) is 17.5 Å². The fraction of sp³-hybridized carbons (Fsp3) is 0.263. The normalized spacial score (nSPS) is 11.3. The third-order valence-electron chi connectivity index (χ3n) is 4.07. The Hall–Kier alpha value is -1.42. The number of rotatable bonds is 6. The number of hydrogen-bond donors (Lipinski definition) is 1. The summed E-state index contributed by atoms with van der Waals surface area (Å²) in [6, 6.07) is 16.7. The van der Waals surface area contributed by atoms with Crippen LogP contribution in [-0.2, 0) is 19.2 Å². The zero-order valence-electron chi connectivity index (χ0n) is 13.3. The summed E-state index contributed by atoms with van der Waals surface area (Å²) in [5.41, 5.74) is 9.73. The number of nitrogens with zero attached hydrogens (tertiary/aromatic N) is 1. The minimum Gasteiger partial charge on any atom is -0.339 e. The maximum atomic E-state index is 5.97. The molecule has 120 valence electrons. The standard InChI is InChI=1S/C19H21ClN2S/c1-22-18-7-3-2-5-16(18)17(6-4-12-21)19(22)23-13-14-8-10-15(20)11-9-14/h2-3,5,7-11H,4,6,12-13,21H2,1H3. The molecule has 3 rings (SSSR count). The molecule has 0 saturated carbocycles. The van der Waals surface area contributed by atoms with Crippen LogP contribution in [0.25, 0.3) is 10.9 Å². The average molecular weight is 345 g/mol. The van der Waals surface area contributed by atoms with Gasteiger partial charge in [0.1, 0.15) is 0 Å². The van der Waals surface area contributed by atoms with Crippen LogP contribution in [0.3, 0.4) is 0 Å². The average Bonchev–Trinajstić information content (AvgIpc) is 2.85. The molecule has 0 spiro atoms. The lowest BCUT2D eigenvalue weighted by molar-refractivity contribution is 0.786. The lowest BCUT2D eigenvalue weighted by atomic mass is 10.1. The van der Waals surface area contributed by atoms with Crippen molar-refractivity contribution < 1.29 is 0 Å². The van der Waals surface area contributed by atoms with Crippen molar-refractivity contribution in [3.05, 3.63) is 64.7 Å². The maximum Gasteiger partial charge on any atom is 0.0792 e. The number of benzene rings is 2. The predicted octanol–water partition coefficient (Wildman–Crippen LogP) is 5.02. The van der Waals surface area contributed by atoms with Crippen molar-refractivity contribution in [3.8, 4) is 0 Å². The van der Waals surface area contributed by atoms with Crippen LogP contribution in [0.5, 0.6) is 0 Å². The Bertz CT molecular complexity index is 793. The molecule has 23 heavy (non-hydrogen) atoms. The molecule has 2 N–H and O–H groups in total. The number of aryl methyl sites for hydroxylation is 2. The second-order valence-corrected chi connectivity index (χ2v) is 7.07. The van der Waals surface area contributed by atoms with Crippen molar-refractivity contribution >= 4 is 34.3 Å². The highest BCUT2D eigenvalue weighted by Crippen LogP contribution is 2.35. The van der Waals surface area contributed by atoms with E-state index in [1.54, 1.807) is 0 Å². The molecule has 0 saturated heterocycles. The maximum absolute atomic E-state index is 5.97. The Morgan fingerprint density at radius 2 is 1.83 bits per heavy atom. The lowest BCUT2D eigenvalue weighted by Crippen LogP contribution is -2.01. The first-order chi connectivity index (χ1) is 11.2. The van der Waals surface area contributed by atoms with Crippen molar-refractivity contribution in [1.29, 1.82) is 0 Å². The van der Waals surface area contributed by atoms with Gasteiger partial charge in [0, 0.05) is 28.7 Å². The second-order valence-electron chi connectivity index (χ2n) is 5.67. The van der Waals surface area contributed by atoms with Crippen molar-refractivity contribution in [2.75, 3.05) is 6.54 Å². The summed E-state index contributed by atoms with van der Waals surface area (Å²) in [5.74, 6) is 0.941. The fourth-order valence-corrected chi connectivity index (χ4v) is 4.19. The van der Waals surface area contributed by atoms with Gasteiger partial charge in [-0.05, 0) is 48.7 Å². The fourth-order valence-electron chi connectivity index (χ4n) is 2.89. The highest BCUT2D eigenvalue weighted by atomic mass is 35.5. The van der Waals surface area contributed by atoms with Crippen molar-refractivity contribution in [3.63, 3.8) is 0 Å². The molecule has 4 heteroatoms. The Balaban J connectivity index is 1.91. The van der Waals surface area contributed by atoms with Crippen LogP contribution in [0.15, 0.2) is 53.6 Å². The van der Waals surface area contributed by atoms with Crippen LogP contribution < -0.4 is 5.73 Å². The summed E-state index contributed by atoms with van der Waals surface area (Å²) in [4.78, 5) is 0. The van der Waals surface area contributed by atoms with Gasteiger partial charge < -0.3 is 10.3 Å². The quantitative estimate of drug-likeness (QED) is 0.637. The second kappa shape index (κ2) is 7.43. The summed E-state index contributed by atoms with van der Waals surface area (Å²) in [7, 11) is 2.15. The number of thioether (sulfide) groups is 1. The summed E-state index contributed by atoms with van der Waals surface area (Å²) in [6.45, 7) is 0.727. The van der Waals surface area contributed by atoms with Crippen molar-refractivity contribution in [1.82, 2.24) is 4.57 Å². The zero-order valence-corrected chi connectivity index (χ0v) is 14.8. The van der Waals surface area contributed by atoms with Gasteiger partial charge in [-0.2, -0.15) is 0 Å². The van der Waals surface area contributed by atoms with Gasteiger partial charge in [0.05, 0.1) is 5.03 Å². The molecule has 1 heterocycles. The van der Waals surface area contributed by atoms with Crippen LogP contribution >= 0.6 is 23.4 Å². The van der Waals surface area contributed by atoms with Gasteiger partial charge in [-0.1, -0.05) is 41.9 Å². The van der Waals surface area contributed by atoms with Crippen LogP contribution in [0.2, 0.25) is 5.02 Å². The van der Waals surface area contributed by atoms with Crippen molar-refractivity contribution in [2.45, 2.75) is 23.6 Å². The molecule has 0 fully saturated rings. The summed E-state index contributed by atoms with van der Waals surface area (Å²) < 4.78 is 2.31. The first-order valence-electron chi connectivity index (χ1n) is 7.84. The first kappa shape index (κ1) is 16.4. The smallest absolute Gasteiger partial charge is 0.0792 e. The van der Waals surface area contributed by atoms with Gasteiger partial charge in [0.2, 0.25) is 0 Å². The minimum atomic E-state index is 0.727. The van der Waals surface area contributed by atoms with E-state index < -0.39 is 0 Å². The molecule has 0 aliphatic carbocycles. The van der Waals surface area contributed by atoms with E-state index in [9.17, 15) is 0 Å².